The number of pyridine rings is 1. The molecule has 2 rings (SSSR count). The third-order valence-corrected chi connectivity index (χ3v) is 3.43. The maximum atomic E-state index is 6.22. The molecule has 0 amide bonds. The number of anilines is 1. The van der Waals surface area contributed by atoms with Crippen LogP contribution in [0.1, 0.15) is 18.1 Å². The zero-order chi connectivity index (χ0) is 13.7. The van der Waals surface area contributed by atoms with Gasteiger partial charge in [-0.3, -0.25) is 9.88 Å². The molecule has 0 fully saturated rings. The molecule has 0 saturated carbocycles. The Morgan fingerprint density at radius 1 is 1.16 bits per heavy atom. The van der Waals surface area contributed by atoms with Gasteiger partial charge < -0.3 is 5.73 Å². The maximum Gasteiger partial charge on any atom is 0.0471 e. The van der Waals surface area contributed by atoms with E-state index in [0.29, 0.717) is 5.69 Å². The predicted octanol–water partition coefficient (Wildman–Crippen LogP) is 3.34. The summed E-state index contributed by atoms with van der Waals surface area (Å²) in [5.41, 5.74) is 8.77. The van der Waals surface area contributed by atoms with Crippen molar-refractivity contribution in [2.24, 2.45) is 0 Å². The smallest absolute Gasteiger partial charge is 0.0471 e. The van der Waals surface area contributed by atoms with E-state index in [1.54, 1.807) is 6.07 Å². The normalized spacial score (nSPS) is 10.9. The lowest BCUT2D eigenvalue weighted by Crippen LogP contribution is -2.22. The fourth-order valence-electron chi connectivity index (χ4n) is 1.96. The van der Waals surface area contributed by atoms with E-state index < -0.39 is 0 Å². The quantitative estimate of drug-likeness (QED) is 0.851. The molecule has 0 bridgehead atoms. The number of nitrogens with two attached hydrogens (primary N) is 1. The maximum absolute atomic E-state index is 6.22. The van der Waals surface area contributed by atoms with Crippen molar-refractivity contribution in [1.29, 1.82) is 0 Å². The molecule has 1 heterocycles. The molecular weight excluding hydrogens is 258 g/mol. The zero-order valence-corrected chi connectivity index (χ0v) is 11.8. The van der Waals surface area contributed by atoms with Crippen molar-refractivity contribution in [2.45, 2.75) is 20.0 Å². The molecular formula is C15H18ClN3. The summed E-state index contributed by atoms with van der Waals surface area (Å²) >= 11 is 6.22. The van der Waals surface area contributed by atoms with Gasteiger partial charge in [0.25, 0.3) is 0 Å². The summed E-state index contributed by atoms with van der Waals surface area (Å²) in [7, 11) is 0. The number of benzene rings is 1. The Morgan fingerprint density at radius 3 is 2.53 bits per heavy atom. The second kappa shape index (κ2) is 6.55. The molecule has 2 aromatic rings. The summed E-state index contributed by atoms with van der Waals surface area (Å²) in [6.45, 7) is 4.81. The van der Waals surface area contributed by atoms with Crippen LogP contribution in [-0.2, 0) is 13.1 Å². The van der Waals surface area contributed by atoms with Gasteiger partial charge in [-0.1, -0.05) is 24.6 Å². The highest BCUT2D eigenvalue weighted by molar-refractivity contribution is 6.31. The van der Waals surface area contributed by atoms with Crippen molar-refractivity contribution in [1.82, 2.24) is 9.88 Å². The standard InChI is InChI=1S/C15H18ClN3/c1-2-19(10-12-5-7-18-8-6-12)11-13-3-4-14(17)9-15(13)16/h3-9H,2,10-11,17H2,1H3. The van der Waals surface area contributed by atoms with Crippen molar-refractivity contribution in [3.8, 4) is 0 Å². The van der Waals surface area contributed by atoms with Crippen molar-refractivity contribution < 1.29 is 0 Å². The Kier molecular flexibility index (Phi) is 4.77. The molecule has 0 unspecified atom stereocenters. The van der Waals surface area contributed by atoms with Crippen molar-refractivity contribution in [2.75, 3.05) is 12.3 Å². The summed E-state index contributed by atoms with van der Waals surface area (Å²) in [6, 6.07) is 9.76. The van der Waals surface area contributed by atoms with E-state index in [4.69, 9.17) is 17.3 Å². The highest BCUT2D eigenvalue weighted by Crippen LogP contribution is 2.21. The van der Waals surface area contributed by atoms with Crippen LogP contribution < -0.4 is 5.73 Å². The number of hydrogen-bond acceptors (Lipinski definition) is 3. The molecule has 19 heavy (non-hydrogen) atoms. The molecule has 0 atom stereocenters. The largest absolute Gasteiger partial charge is 0.399 e. The molecule has 1 aromatic heterocycles. The van der Waals surface area contributed by atoms with Crippen LogP contribution in [0, 0.1) is 0 Å². The van der Waals surface area contributed by atoms with Gasteiger partial charge in [0, 0.05) is 36.2 Å². The van der Waals surface area contributed by atoms with Crippen LogP contribution >= 0.6 is 11.6 Å². The van der Waals surface area contributed by atoms with E-state index in [9.17, 15) is 0 Å². The SMILES string of the molecule is CCN(Cc1ccncc1)Cc1ccc(N)cc1Cl. The van der Waals surface area contributed by atoms with E-state index in [1.165, 1.54) is 5.56 Å². The minimum Gasteiger partial charge on any atom is -0.399 e. The van der Waals surface area contributed by atoms with Crippen molar-refractivity contribution in [3.05, 3.63) is 58.9 Å². The average molecular weight is 276 g/mol. The third-order valence-electron chi connectivity index (χ3n) is 3.07. The fourth-order valence-corrected chi connectivity index (χ4v) is 2.21. The highest BCUT2D eigenvalue weighted by Gasteiger charge is 2.08. The van der Waals surface area contributed by atoms with Crippen LogP contribution in [0.2, 0.25) is 5.02 Å². The summed E-state index contributed by atoms with van der Waals surface area (Å²) in [5.74, 6) is 0. The molecule has 0 spiro atoms. The molecule has 0 aliphatic heterocycles. The van der Waals surface area contributed by atoms with Crippen molar-refractivity contribution in [3.63, 3.8) is 0 Å². The average Bonchev–Trinajstić information content (AvgIpc) is 2.42. The van der Waals surface area contributed by atoms with Gasteiger partial charge in [-0.2, -0.15) is 0 Å². The van der Waals surface area contributed by atoms with Gasteiger partial charge in [0.15, 0.2) is 0 Å². The van der Waals surface area contributed by atoms with Crippen LogP contribution in [0.25, 0.3) is 0 Å². The van der Waals surface area contributed by atoms with Gasteiger partial charge >= 0.3 is 0 Å². The van der Waals surface area contributed by atoms with Crippen LogP contribution in [-0.4, -0.2) is 16.4 Å². The summed E-state index contributed by atoms with van der Waals surface area (Å²) in [6.07, 6.45) is 3.64. The highest BCUT2D eigenvalue weighted by atomic mass is 35.5. The lowest BCUT2D eigenvalue weighted by atomic mass is 10.1. The number of aromatic nitrogens is 1. The monoisotopic (exact) mass is 275 g/mol. The molecule has 0 saturated heterocycles. The van der Waals surface area contributed by atoms with E-state index in [1.807, 2.05) is 36.7 Å². The second-order valence-corrected chi connectivity index (χ2v) is 4.92. The second-order valence-electron chi connectivity index (χ2n) is 4.51. The number of nitrogen functional groups attached to an aromatic ring is 1. The summed E-state index contributed by atoms with van der Waals surface area (Å²) in [4.78, 5) is 6.36. The van der Waals surface area contributed by atoms with Crippen LogP contribution in [0.15, 0.2) is 42.7 Å². The van der Waals surface area contributed by atoms with E-state index in [0.717, 1.165) is 30.2 Å². The van der Waals surface area contributed by atoms with Crippen LogP contribution in [0.4, 0.5) is 5.69 Å². The van der Waals surface area contributed by atoms with E-state index in [-0.39, 0.29) is 0 Å². The van der Waals surface area contributed by atoms with Gasteiger partial charge in [0.05, 0.1) is 0 Å². The Balaban J connectivity index is 2.06. The van der Waals surface area contributed by atoms with Gasteiger partial charge in [0.1, 0.15) is 0 Å². The third kappa shape index (κ3) is 3.94. The van der Waals surface area contributed by atoms with E-state index >= 15 is 0 Å². The fraction of sp³-hybridized carbons (Fsp3) is 0.267. The topological polar surface area (TPSA) is 42.2 Å². The molecule has 0 radical (unpaired) electrons. The molecule has 1 aromatic carbocycles. The lowest BCUT2D eigenvalue weighted by Gasteiger charge is -2.21. The minimum absolute atomic E-state index is 0.700. The molecule has 2 N–H and O–H groups in total. The Labute approximate surface area is 119 Å². The van der Waals surface area contributed by atoms with Gasteiger partial charge in [0.2, 0.25) is 0 Å². The molecule has 0 aliphatic carbocycles. The Morgan fingerprint density at radius 2 is 1.89 bits per heavy atom. The minimum atomic E-state index is 0.700. The van der Waals surface area contributed by atoms with Gasteiger partial charge in [-0.05, 0) is 41.9 Å². The Bertz CT molecular complexity index is 528. The zero-order valence-electron chi connectivity index (χ0n) is 11.0. The first-order valence-electron chi connectivity index (χ1n) is 6.34. The van der Waals surface area contributed by atoms with E-state index in [2.05, 4.69) is 16.8 Å². The molecule has 100 valence electrons. The number of halogens is 1. The lowest BCUT2D eigenvalue weighted by molar-refractivity contribution is 0.271. The first-order valence-corrected chi connectivity index (χ1v) is 6.72. The van der Waals surface area contributed by atoms with Crippen molar-refractivity contribution >= 4 is 17.3 Å². The number of hydrogen-bond donors (Lipinski definition) is 1. The summed E-state index contributed by atoms with van der Waals surface area (Å²) in [5, 5.41) is 0.730. The first kappa shape index (κ1) is 13.8. The number of rotatable bonds is 5. The molecule has 3 nitrogen and oxygen atoms in total. The van der Waals surface area contributed by atoms with Gasteiger partial charge in [-0.25, -0.2) is 0 Å². The Hall–Kier alpha value is -1.58. The van der Waals surface area contributed by atoms with Crippen LogP contribution in [0.3, 0.4) is 0 Å². The summed E-state index contributed by atoms with van der Waals surface area (Å²) < 4.78 is 0. The number of nitrogens with zero attached hydrogens (tertiary/aromatic N) is 2. The molecule has 4 heteroatoms. The van der Waals surface area contributed by atoms with Crippen LogP contribution in [0.5, 0.6) is 0 Å². The van der Waals surface area contributed by atoms with Gasteiger partial charge in [-0.15, -0.1) is 0 Å². The molecule has 0 aliphatic rings. The predicted molar refractivity (Wildman–Crippen MR) is 79.9 cm³/mol. The first-order chi connectivity index (χ1) is 9.19.